The average Bonchev–Trinajstić information content (AvgIpc) is 2.63. The van der Waals surface area contributed by atoms with Crippen molar-refractivity contribution in [2.45, 2.75) is 50.7 Å². The number of halogens is 1. The molecule has 3 rings (SSSR count). The summed E-state index contributed by atoms with van der Waals surface area (Å²) in [5.74, 6) is 1.65. The topological polar surface area (TPSA) is 50.7 Å². The molecule has 0 saturated carbocycles. The fourth-order valence-electron chi connectivity index (χ4n) is 3.48. The Hall–Kier alpha value is -0.920. The second-order valence-electron chi connectivity index (χ2n) is 7.08. The molecule has 140 valence electrons. The van der Waals surface area contributed by atoms with Crippen LogP contribution in [-0.2, 0) is 9.47 Å². The minimum absolute atomic E-state index is 0.280. The van der Waals surface area contributed by atoms with E-state index in [-0.39, 0.29) is 12.2 Å². The lowest BCUT2D eigenvalue weighted by Crippen LogP contribution is -2.36. The summed E-state index contributed by atoms with van der Waals surface area (Å²) >= 11 is 3.59. The van der Waals surface area contributed by atoms with Gasteiger partial charge in [0, 0.05) is 46.6 Å². The van der Waals surface area contributed by atoms with Gasteiger partial charge in [-0.3, -0.25) is 0 Å². The molecular formula is C18H29BrN4O2. The average molecular weight is 413 g/mol. The Kier molecular flexibility index (Phi) is 6.90. The van der Waals surface area contributed by atoms with Gasteiger partial charge in [0.2, 0.25) is 5.95 Å². The Morgan fingerprint density at radius 1 is 1.00 bits per heavy atom. The maximum Gasteiger partial charge on any atom is 0.227 e. The van der Waals surface area contributed by atoms with Crippen LogP contribution in [0.3, 0.4) is 0 Å². The van der Waals surface area contributed by atoms with Gasteiger partial charge in [-0.15, -0.1) is 0 Å². The lowest BCUT2D eigenvalue weighted by atomic mass is 10.1. The van der Waals surface area contributed by atoms with Gasteiger partial charge in [0.15, 0.2) is 0 Å². The van der Waals surface area contributed by atoms with Crippen molar-refractivity contribution in [2.75, 3.05) is 50.2 Å². The number of rotatable bonds is 6. The largest absolute Gasteiger partial charge is 0.376 e. The first kappa shape index (κ1) is 18.9. The van der Waals surface area contributed by atoms with Crippen LogP contribution in [0.2, 0.25) is 0 Å². The Bertz CT molecular complexity index is 548. The number of aromatic nitrogens is 2. The molecule has 0 bridgehead atoms. The quantitative estimate of drug-likeness (QED) is 0.714. The van der Waals surface area contributed by atoms with Crippen LogP contribution in [0.15, 0.2) is 10.7 Å². The van der Waals surface area contributed by atoms with Crippen LogP contribution < -0.4 is 9.80 Å². The monoisotopic (exact) mass is 412 g/mol. The molecule has 1 aromatic rings. The summed E-state index contributed by atoms with van der Waals surface area (Å²) in [7, 11) is 4.11. The van der Waals surface area contributed by atoms with Crippen molar-refractivity contribution in [3.05, 3.63) is 10.7 Å². The highest BCUT2D eigenvalue weighted by Gasteiger charge is 2.21. The summed E-state index contributed by atoms with van der Waals surface area (Å²) in [6.07, 6.45) is 9.50. The van der Waals surface area contributed by atoms with Crippen molar-refractivity contribution in [2.24, 2.45) is 0 Å². The van der Waals surface area contributed by atoms with Gasteiger partial charge in [-0.05, 0) is 54.5 Å². The van der Waals surface area contributed by atoms with Gasteiger partial charge >= 0.3 is 0 Å². The van der Waals surface area contributed by atoms with Gasteiger partial charge in [0.25, 0.3) is 0 Å². The summed E-state index contributed by atoms with van der Waals surface area (Å²) < 4.78 is 12.6. The molecule has 1 aromatic heterocycles. The summed E-state index contributed by atoms with van der Waals surface area (Å²) in [4.78, 5) is 13.5. The summed E-state index contributed by atoms with van der Waals surface area (Å²) in [6, 6.07) is 0. The van der Waals surface area contributed by atoms with E-state index in [1.54, 1.807) is 0 Å². The highest BCUT2D eigenvalue weighted by Crippen LogP contribution is 2.26. The molecule has 0 N–H and O–H groups in total. The lowest BCUT2D eigenvalue weighted by molar-refractivity contribution is 0.0214. The lowest BCUT2D eigenvalue weighted by Gasteiger charge is -2.30. The van der Waals surface area contributed by atoms with Gasteiger partial charge in [-0.2, -0.15) is 4.98 Å². The molecule has 0 spiro atoms. The van der Waals surface area contributed by atoms with Gasteiger partial charge in [0.1, 0.15) is 5.82 Å². The highest BCUT2D eigenvalue weighted by molar-refractivity contribution is 9.10. The molecule has 2 aliphatic heterocycles. The van der Waals surface area contributed by atoms with Crippen molar-refractivity contribution in [3.63, 3.8) is 0 Å². The third-order valence-electron chi connectivity index (χ3n) is 4.92. The number of anilines is 2. The summed E-state index contributed by atoms with van der Waals surface area (Å²) in [5, 5.41) is 0. The molecule has 0 aliphatic carbocycles. The maximum absolute atomic E-state index is 5.86. The Morgan fingerprint density at radius 2 is 1.60 bits per heavy atom. The fourth-order valence-corrected chi connectivity index (χ4v) is 3.98. The van der Waals surface area contributed by atoms with Crippen LogP contribution >= 0.6 is 15.9 Å². The molecule has 2 atom stereocenters. The zero-order valence-corrected chi connectivity index (χ0v) is 16.9. The number of hydrogen-bond donors (Lipinski definition) is 0. The van der Waals surface area contributed by atoms with E-state index in [1.165, 1.54) is 25.7 Å². The number of nitrogens with zero attached hydrogens (tertiary/aromatic N) is 4. The Morgan fingerprint density at radius 3 is 2.16 bits per heavy atom. The molecule has 0 unspecified atom stereocenters. The van der Waals surface area contributed by atoms with Crippen LogP contribution in [0, 0.1) is 0 Å². The molecular weight excluding hydrogens is 384 g/mol. The minimum atomic E-state index is 0.280. The second-order valence-corrected chi connectivity index (χ2v) is 7.93. The van der Waals surface area contributed by atoms with Crippen LogP contribution in [0.25, 0.3) is 0 Å². The third kappa shape index (κ3) is 5.28. The van der Waals surface area contributed by atoms with Crippen molar-refractivity contribution < 1.29 is 9.47 Å². The third-order valence-corrected chi connectivity index (χ3v) is 5.48. The fraction of sp³-hybridized carbons (Fsp3) is 0.778. The first-order chi connectivity index (χ1) is 12.1. The minimum Gasteiger partial charge on any atom is -0.376 e. The standard InChI is InChI=1S/C18H29BrN4O2/c1-22(12-14-7-3-5-9-24-14)17-16(19)11-20-18(21-17)23(2)13-15-8-4-6-10-25-15/h11,14-15H,3-10,12-13H2,1-2H3/t14-,15+/m0/s1. The van der Waals surface area contributed by atoms with E-state index in [0.717, 1.165) is 55.4 Å². The van der Waals surface area contributed by atoms with Crippen molar-refractivity contribution >= 4 is 27.7 Å². The van der Waals surface area contributed by atoms with Crippen molar-refractivity contribution in [1.82, 2.24) is 9.97 Å². The van der Waals surface area contributed by atoms with E-state index in [1.807, 2.05) is 13.2 Å². The molecule has 0 amide bonds. The van der Waals surface area contributed by atoms with Crippen LogP contribution in [0.1, 0.15) is 38.5 Å². The molecule has 2 aliphatic rings. The van der Waals surface area contributed by atoms with Gasteiger partial charge in [-0.25, -0.2) is 4.98 Å². The van der Waals surface area contributed by atoms with Crippen LogP contribution in [0.4, 0.5) is 11.8 Å². The molecule has 2 saturated heterocycles. The SMILES string of the molecule is CN(C[C@H]1CCCCO1)c1ncc(Br)c(N(C)C[C@@H]2CCCCO2)n1. The molecule has 2 fully saturated rings. The molecule has 0 aromatic carbocycles. The predicted molar refractivity (Wildman–Crippen MR) is 103 cm³/mol. The summed E-state index contributed by atoms with van der Waals surface area (Å²) in [5.41, 5.74) is 0. The van der Waals surface area contributed by atoms with Crippen LogP contribution in [-0.4, -0.2) is 62.6 Å². The first-order valence-electron chi connectivity index (χ1n) is 9.31. The Labute approximate surface area is 159 Å². The predicted octanol–water partition coefficient (Wildman–Crippen LogP) is 3.25. The van der Waals surface area contributed by atoms with E-state index in [4.69, 9.17) is 14.5 Å². The first-order valence-corrected chi connectivity index (χ1v) is 10.1. The molecule has 0 radical (unpaired) electrons. The summed E-state index contributed by atoms with van der Waals surface area (Å²) in [6.45, 7) is 3.43. The smallest absolute Gasteiger partial charge is 0.227 e. The van der Waals surface area contributed by atoms with E-state index in [2.05, 4.69) is 37.8 Å². The van der Waals surface area contributed by atoms with E-state index < -0.39 is 0 Å². The van der Waals surface area contributed by atoms with Gasteiger partial charge < -0.3 is 19.3 Å². The molecule has 3 heterocycles. The number of ether oxygens (including phenoxy) is 2. The van der Waals surface area contributed by atoms with Gasteiger partial charge in [0.05, 0.1) is 16.7 Å². The van der Waals surface area contributed by atoms with E-state index in [0.29, 0.717) is 0 Å². The molecule has 6 nitrogen and oxygen atoms in total. The number of likely N-dealkylation sites (N-methyl/N-ethyl adjacent to an activating group) is 2. The Balaban J connectivity index is 1.64. The zero-order chi connectivity index (χ0) is 17.6. The van der Waals surface area contributed by atoms with E-state index >= 15 is 0 Å². The van der Waals surface area contributed by atoms with Crippen LogP contribution in [0.5, 0.6) is 0 Å². The molecule has 7 heteroatoms. The molecule has 25 heavy (non-hydrogen) atoms. The van der Waals surface area contributed by atoms with E-state index in [9.17, 15) is 0 Å². The normalized spacial score (nSPS) is 24.1. The van der Waals surface area contributed by atoms with Crippen molar-refractivity contribution in [3.8, 4) is 0 Å². The van der Waals surface area contributed by atoms with Crippen molar-refractivity contribution in [1.29, 1.82) is 0 Å². The maximum atomic E-state index is 5.86. The highest BCUT2D eigenvalue weighted by atomic mass is 79.9. The van der Waals surface area contributed by atoms with Gasteiger partial charge in [-0.1, -0.05) is 0 Å². The zero-order valence-electron chi connectivity index (χ0n) is 15.3. The second kappa shape index (κ2) is 9.14. The number of hydrogen-bond acceptors (Lipinski definition) is 6.